The molecule has 0 unspecified atom stereocenters. The van der Waals surface area contributed by atoms with Gasteiger partial charge in [-0.15, -0.1) is 0 Å². The molecule has 8 nitrogen and oxygen atoms in total. The zero-order valence-electron chi connectivity index (χ0n) is 29.7. The Kier molecular flexibility index (Phi) is 8.05. The van der Waals surface area contributed by atoms with Gasteiger partial charge in [0.25, 0.3) is 0 Å². The average molecular weight is 705 g/mol. The lowest BCUT2D eigenvalue weighted by Crippen LogP contribution is -1.91. The van der Waals surface area contributed by atoms with E-state index in [1.54, 1.807) is 14.2 Å². The molecule has 0 amide bonds. The van der Waals surface area contributed by atoms with Gasteiger partial charge in [0.2, 0.25) is 0 Å². The van der Waals surface area contributed by atoms with Crippen LogP contribution in [0.5, 0.6) is 11.5 Å². The summed E-state index contributed by atoms with van der Waals surface area (Å²) < 4.78 is 11.0. The number of benzene rings is 4. The molecule has 0 atom stereocenters. The largest absolute Gasteiger partial charge is 0.497 e. The fourth-order valence-corrected chi connectivity index (χ4v) is 7.24. The number of nitrogens with zero attached hydrogens (tertiary/aromatic N) is 2. The van der Waals surface area contributed by atoms with E-state index in [1.165, 1.54) is 0 Å². The standard InChI is InChI=1S/C46H36N6O2/c1-53-33-15-7-29(8-16-33)45-39-23-19-35(49-39)43(27-3-11-31(47)12-4-27)37-21-25-41(51-37)46(30-9-17-34(54-2)18-10-30)42-26-22-38(52-42)44(36-20-24-40(45)50-36)28-5-13-32(48)14-6-28/h3-26,49,52H,47-48H2,1-2H3. The summed E-state index contributed by atoms with van der Waals surface area (Å²) in [6.45, 7) is 0. The molecule has 54 heavy (non-hydrogen) atoms. The third-order valence-corrected chi connectivity index (χ3v) is 9.91. The van der Waals surface area contributed by atoms with Gasteiger partial charge in [-0.2, -0.15) is 0 Å². The highest BCUT2D eigenvalue weighted by Gasteiger charge is 2.19. The second-order valence-electron chi connectivity index (χ2n) is 13.2. The number of fused-ring (bicyclic) bond motifs is 8. The van der Waals surface area contributed by atoms with E-state index in [0.29, 0.717) is 11.4 Å². The van der Waals surface area contributed by atoms with E-state index in [0.717, 1.165) is 101 Å². The van der Waals surface area contributed by atoms with Gasteiger partial charge in [0.15, 0.2) is 0 Å². The molecule has 0 saturated heterocycles. The van der Waals surface area contributed by atoms with Crippen LogP contribution in [-0.4, -0.2) is 34.2 Å². The molecule has 2 aliphatic rings. The summed E-state index contributed by atoms with van der Waals surface area (Å²) in [4.78, 5) is 18.3. The Morgan fingerprint density at radius 2 is 0.630 bits per heavy atom. The Hall–Kier alpha value is -7.32. The molecular formula is C46H36N6O2. The molecule has 8 bridgehead atoms. The number of aromatic amines is 2. The number of ether oxygens (including phenoxy) is 2. The predicted molar refractivity (Wildman–Crippen MR) is 223 cm³/mol. The van der Waals surface area contributed by atoms with Gasteiger partial charge in [0, 0.05) is 55.7 Å². The van der Waals surface area contributed by atoms with Crippen LogP contribution in [0.3, 0.4) is 0 Å². The highest BCUT2D eigenvalue weighted by molar-refractivity contribution is 6.00. The molecule has 0 saturated carbocycles. The number of hydrogen-bond acceptors (Lipinski definition) is 6. The van der Waals surface area contributed by atoms with Crippen LogP contribution in [0.1, 0.15) is 22.8 Å². The maximum Gasteiger partial charge on any atom is 0.118 e. The molecule has 7 aromatic rings. The van der Waals surface area contributed by atoms with Crippen molar-refractivity contribution in [1.29, 1.82) is 0 Å². The summed E-state index contributed by atoms with van der Waals surface area (Å²) in [5.41, 5.74) is 28.4. The Labute approximate surface area is 312 Å². The third kappa shape index (κ3) is 5.85. The van der Waals surface area contributed by atoms with Crippen LogP contribution in [0, 0.1) is 0 Å². The van der Waals surface area contributed by atoms with E-state index < -0.39 is 0 Å². The number of nitrogens with one attached hydrogen (secondary N) is 2. The molecule has 0 aliphatic carbocycles. The molecule has 2 aliphatic heterocycles. The second-order valence-corrected chi connectivity index (χ2v) is 13.2. The van der Waals surface area contributed by atoms with Crippen LogP contribution >= 0.6 is 0 Å². The Morgan fingerprint density at radius 3 is 0.889 bits per heavy atom. The number of hydrogen-bond donors (Lipinski definition) is 4. The first-order valence-corrected chi connectivity index (χ1v) is 17.6. The van der Waals surface area contributed by atoms with E-state index in [2.05, 4.69) is 82.8 Å². The number of nitrogens with two attached hydrogens (primary N) is 2. The first-order valence-electron chi connectivity index (χ1n) is 17.6. The highest BCUT2D eigenvalue weighted by atomic mass is 16.5. The Balaban J connectivity index is 1.45. The predicted octanol–water partition coefficient (Wildman–Crippen LogP) is 10.5. The number of anilines is 2. The molecule has 0 fully saturated rings. The number of rotatable bonds is 6. The monoisotopic (exact) mass is 704 g/mol. The summed E-state index contributed by atoms with van der Waals surface area (Å²) in [6, 6.07) is 40.4. The molecule has 262 valence electrons. The van der Waals surface area contributed by atoms with Crippen LogP contribution < -0.4 is 20.9 Å². The Morgan fingerprint density at radius 1 is 0.370 bits per heavy atom. The molecule has 6 N–H and O–H groups in total. The quantitative estimate of drug-likeness (QED) is 0.128. The minimum Gasteiger partial charge on any atom is -0.497 e. The third-order valence-electron chi connectivity index (χ3n) is 9.91. The first-order chi connectivity index (χ1) is 26.4. The van der Waals surface area contributed by atoms with Crippen molar-refractivity contribution in [1.82, 2.24) is 19.9 Å². The van der Waals surface area contributed by atoms with Crippen molar-refractivity contribution < 1.29 is 9.47 Å². The normalized spacial score (nSPS) is 11.9. The second kappa shape index (κ2) is 13.3. The van der Waals surface area contributed by atoms with Crippen molar-refractivity contribution in [3.05, 3.63) is 144 Å². The van der Waals surface area contributed by atoms with E-state index in [1.807, 2.05) is 72.8 Å². The lowest BCUT2D eigenvalue weighted by atomic mass is 10.0. The van der Waals surface area contributed by atoms with Crippen LogP contribution in [0.25, 0.3) is 90.9 Å². The maximum atomic E-state index is 6.17. The SMILES string of the molecule is COc1ccc(-c2c3nc(c(-c4ccc(N)cc4)c4ccc([nH]4)c(-c4ccc(OC)cc4)c4nc(c(-c5ccc(N)cc5)c5ccc2[nH]5)C=C4)C=C3)cc1. The summed E-state index contributed by atoms with van der Waals surface area (Å²) >= 11 is 0. The van der Waals surface area contributed by atoms with Crippen molar-refractivity contribution in [2.45, 2.75) is 0 Å². The van der Waals surface area contributed by atoms with Crippen molar-refractivity contribution in [3.63, 3.8) is 0 Å². The molecule has 0 radical (unpaired) electrons. The molecule has 8 heteroatoms. The maximum absolute atomic E-state index is 6.17. The number of methoxy groups -OCH3 is 2. The Bertz CT molecular complexity index is 2580. The van der Waals surface area contributed by atoms with Gasteiger partial charge in [-0.3, -0.25) is 0 Å². The first kappa shape index (κ1) is 32.6. The van der Waals surface area contributed by atoms with Crippen LogP contribution in [0.2, 0.25) is 0 Å². The summed E-state index contributed by atoms with van der Waals surface area (Å²) in [6.07, 6.45) is 8.33. The zero-order valence-corrected chi connectivity index (χ0v) is 29.7. The van der Waals surface area contributed by atoms with Gasteiger partial charge in [0.05, 0.1) is 37.0 Å². The minimum absolute atomic E-state index is 0.692. The molecule has 3 aromatic heterocycles. The van der Waals surface area contributed by atoms with Gasteiger partial charge in [0.1, 0.15) is 11.5 Å². The summed E-state index contributed by atoms with van der Waals surface area (Å²) in [5.74, 6) is 1.56. The minimum atomic E-state index is 0.692. The molecule has 9 rings (SSSR count). The van der Waals surface area contributed by atoms with E-state index in [4.69, 9.17) is 30.9 Å². The van der Waals surface area contributed by atoms with Gasteiger partial charge < -0.3 is 30.9 Å². The highest BCUT2D eigenvalue weighted by Crippen LogP contribution is 2.39. The topological polar surface area (TPSA) is 128 Å². The van der Waals surface area contributed by atoms with Crippen LogP contribution in [0.4, 0.5) is 11.4 Å². The lowest BCUT2D eigenvalue weighted by molar-refractivity contribution is 0.415. The van der Waals surface area contributed by atoms with Gasteiger partial charge in [-0.05, 0) is 119 Å². The van der Waals surface area contributed by atoms with Crippen molar-refractivity contribution >= 4 is 57.7 Å². The lowest BCUT2D eigenvalue weighted by Gasteiger charge is -2.08. The average Bonchev–Trinajstić information content (AvgIpc) is 4.05. The smallest absolute Gasteiger partial charge is 0.118 e. The van der Waals surface area contributed by atoms with Crippen LogP contribution in [0.15, 0.2) is 121 Å². The van der Waals surface area contributed by atoms with E-state index >= 15 is 0 Å². The number of aromatic nitrogens is 4. The summed E-state index contributed by atoms with van der Waals surface area (Å²) in [7, 11) is 3.35. The summed E-state index contributed by atoms with van der Waals surface area (Å²) in [5, 5.41) is 0. The number of nitrogen functional groups attached to an aromatic ring is 2. The van der Waals surface area contributed by atoms with Gasteiger partial charge >= 0.3 is 0 Å². The van der Waals surface area contributed by atoms with Gasteiger partial charge in [-0.1, -0.05) is 48.5 Å². The van der Waals surface area contributed by atoms with Crippen molar-refractivity contribution in [2.75, 3.05) is 25.7 Å². The number of H-pyrrole nitrogens is 2. The fourth-order valence-electron chi connectivity index (χ4n) is 7.24. The fraction of sp³-hybridized carbons (Fsp3) is 0.0435. The molecule has 0 spiro atoms. The molecular weight excluding hydrogens is 669 g/mol. The van der Waals surface area contributed by atoms with Crippen molar-refractivity contribution in [3.8, 4) is 56.0 Å². The van der Waals surface area contributed by atoms with E-state index in [-0.39, 0.29) is 0 Å². The van der Waals surface area contributed by atoms with Crippen molar-refractivity contribution in [2.24, 2.45) is 0 Å². The van der Waals surface area contributed by atoms with Gasteiger partial charge in [-0.25, -0.2) is 9.97 Å². The van der Waals surface area contributed by atoms with E-state index in [9.17, 15) is 0 Å². The molecule has 4 aromatic carbocycles. The van der Waals surface area contributed by atoms with Crippen LogP contribution in [-0.2, 0) is 0 Å². The molecule has 5 heterocycles. The zero-order chi connectivity index (χ0) is 36.8.